The number of rotatable bonds is 6. The molecule has 202 valence electrons. The van der Waals surface area contributed by atoms with Crippen molar-refractivity contribution in [2.45, 2.75) is 41.3 Å². The van der Waals surface area contributed by atoms with Crippen LogP contribution in [0.4, 0.5) is 0 Å². The SMILES string of the molecule is COc1cccc(O)c1C1C2=CCC3C(=O)N(CCCC(=O)O)C(=O)C3C2CC2(Cl)C(=O)N(C)C(=O)C12Cl. The fraction of sp³-hybridized carbons (Fsp3) is 0.500. The highest BCUT2D eigenvalue weighted by Crippen LogP contribution is 2.66. The second-order valence-electron chi connectivity index (χ2n) is 10.2. The molecule has 10 nitrogen and oxygen atoms in total. The minimum atomic E-state index is -2.03. The van der Waals surface area contributed by atoms with Crippen molar-refractivity contribution in [2.75, 3.05) is 20.7 Å². The van der Waals surface area contributed by atoms with Crippen molar-refractivity contribution in [3.05, 3.63) is 35.4 Å². The van der Waals surface area contributed by atoms with Crippen LogP contribution in [-0.4, -0.2) is 80.1 Å². The zero-order valence-electron chi connectivity index (χ0n) is 20.6. The van der Waals surface area contributed by atoms with Crippen molar-refractivity contribution in [1.82, 2.24) is 9.80 Å². The topological polar surface area (TPSA) is 142 Å². The fourth-order valence-corrected chi connectivity index (χ4v) is 7.74. The summed E-state index contributed by atoms with van der Waals surface area (Å²) in [6.45, 7) is -0.0403. The molecular weight excluding hydrogens is 539 g/mol. The first-order valence-electron chi connectivity index (χ1n) is 12.2. The van der Waals surface area contributed by atoms with E-state index in [1.165, 1.54) is 20.2 Å². The maximum atomic E-state index is 13.6. The second kappa shape index (κ2) is 8.98. The Hall–Kier alpha value is -3.11. The summed E-state index contributed by atoms with van der Waals surface area (Å²) in [5, 5.41) is 19.9. The Bertz CT molecular complexity index is 1310. The maximum absolute atomic E-state index is 13.6. The van der Waals surface area contributed by atoms with E-state index in [2.05, 4.69) is 0 Å². The molecular formula is C26H26Cl2N2O8. The van der Waals surface area contributed by atoms with Gasteiger partial charge in [-0.2, -0.15) is 0 Å². The third-order valence-corrected chi connectivity index (χ3v) is 9.84. The van der Waals surface area contributed by atoms with Crippen LogP contribution >= 0.6 is 23.2 Å². The molecule has 0 radical (unpaired) electrons. The van der Waals surface area contributed by atoms with Gasteiger partial charge in [-0.15, -0.1) is 23.2 Å². The highest BCUT2D eigenvalue weighted by atomic mass is 35.5. The molecule has 1 aromatic carbocycles. The summed E-state index contributed by atoms with van der Waals surface area (Å²) >= 11 is 14.2. The van der Waals surface area contributed by atoms with Crippen molar-refractivity contribution in [2.24, 2.45) is 17.8 Å². The van der Waals surface area contributed by atoms with Gasteiger partial charge in [0.05, 0.1) is 18.9 Å². The number of phenolic OH excluding ortho intramolecular Hbond substituents is 1. The van der Waals surface area contributed by atoms with Gasteiger partial charge >= 0.3 is 5.97 Å². The zero-order chi connectivity index (χ0) is 27.7. The quantitative estimate of drug-likeness (QED) is 0.304. The van der Waals surface area contributed by atoms with Crippen molar-refractivity contribution < 1.29 is 38.9 Å². The molecule has 12 heteroatoms. The molecule has 1 saturated carbocycles. The van der Waals surface area contributed by atoms with Crippen LogP contribution in [0, 0.1) is 17.8 Å². The van der Waals surface area contributed by atoms with E-state index in [9.17, 15) is 29.1 Å². The van der Waals surface area contributed by atoms with Crippen molar-refractivity contribution in [3.8, 4) is 11.5 Å². The van der Waals surface area contributed by atoms with Crippen LogP contribution < -0.4 is 4.74 Å². The lowest BCUT2D eigenvalue weighted by Gasteiger charge is -2.51. The molecule has 0 bridgehead atoms. The molecule has 3 fully saturated rings. The number of hydrogen-bond acceptors (Lipinski definition) is 7. The summed E-state index contributed by atoms with van der Waals surface area (Å²) in [6, 6.07) is 4.55. The third kappa shape index (κ3) is 3.35. The number of aliphatic carboxylic acids is 1. The molecule has 2 saturated heterocycles. The largest absolute Gasteiger partial charge is 0.508 e. The van der Waals surface area contributed by atoms with E-state index in [-0.39, 0.29) is 49.3 Å². The van der Waals surface area contributed by atoms with Gasteiger partial charge in [-0.1, -0.05) is 17.7 Å². The van der Waals surface area contributed by atoms with Gasteiger partial charge in [0.1, 0.15) is 11.5 Å². The van der Waals surface area contributed by atoms with Crippen LogP contribution in [0.25, 0.3) is 0 Å². The zero-order valence-corrected chi connectivity index (χ0v) is 22.2. The average Bonchev–Trinajstić information content (AvgIpc) is 3.19. The number of allylic oxidation sites excluding steroid dienone is 2. The number of likely N-dealkylation sites (tertiary alicyclic amines) is 2. The number of benzene rings is 1. The van der Waals surface area contributed by atoms with E-state index in [1.807, 2.05) is 0 Å². The Labute approximate surface area is 228 Å². The molecule has 6 atom stereocenters. The van der Waals surface area contributed by atoms with Crippen LogP contribution in [-0.2, 0) is 24.0 Å². The van der Waals surface area contributed by atoms with Crippen LogP contribution in [0.15, 0.2) is 29.8 Å². The highest BCUT2D eigenvalue weighted by molar-refractivity contribution is 6.53. The number of halogens is 2. The van der Waals surface area contributed by atoms with Gasteiger partial charge in [0.15, 0.2) is 9.75 Å². The van der Waals surface area contributed by atoms with Crippen molar-refractivity contribution in [1.29, 1.82) is 0 Å². The number of ether oxygens (including phenoxy) is 1. The van der Waals surface area contributed by atoms with Gasteiger partial charge in [-0.25, -0.2) is 0 Å². The molecule has 38 heavy (non-hydrogen) atoms. The lowest BCUT2D eigenvalue weighted by atomic mass is 9.56. The molecule has 2 aliphatic heterocycles. The standard InChI is InChI=1S/C26H26Cl2N2O8/c1-29-23(36)25(27)11-14-12(8-9-13-18(14)22(35)30(21(13)34)10-4-7-17(32)33)20(26(25,28)24(29)37)19-15(31)5-3-6-16(19)38-2/h3,5-6,8,13-14,18,20,31H,4,7,9-11H2,1-2H3,(H,32,33). The highest BCUT2D eigenvalue weighted by Gasteiger charge is 2.76. The van der Waals surface area contributed by atoms with Gasteiger partial charge in [0, 0.05) is 31.5 Å². The summed E-state index contributed by atoms with van der Waals surface area (Å²) in [5.74, 6) is -6.86. The molecule has 4 aliphatic rings. The predicted molar refractivity (Wildman–Crippen MR) is 134 cm³/mol. The van der Waals surface area contributed by atoms with E-state index in [0.29, 0.717) is 5.57 Å². The number of nitrogens with zero attached hydrogens (tertiary/aromatic N) is 2. The Morgan fingerprint density at radius 3 is 2.50 bits per heavy atom. The van der Waals surface area contributed by atoms with E-state index >= 15 is 0 Å². The van der Waals surface area contributed by atoms with Crippen LogP contribution in [0.3, 0.4) is 0 Å². The lowest BCUT2D eigenvalue weighted by molar-refractivity contribution is -0.142. The van der Waals surface area contributed by atoms with Gasteiger partial charge in [0.2, 0.25) is 11.8 Å². The van der Waals surface area contributed by atoms with E-state index in [0.717, 1.165) is 9.80 Å². The molecule has 2 aliphatic carbocycles. The predicted octanol–water partition coefficient (Wildman–Crippen LogP) is 2.25. The van der Waals surface area contributed by atoms with Crippen LogP contribution in [0.1, 0.15) is 37.2 Å². The van der Waals surface area contributed by atoms with E-state index in [1.54, 1.807) is 18.2 Å². The van der Waals surface area contributed by atoms with E-state index in [4.69, 9.17) is 33.0 Å². The number of fused-ring (bicyclic) bond motifs is 4. The second-order valence-corrected chi connectivity index (χ2v) is 11.5. The number of methoxy groups -OCH3 is 1. The fourth-order valence-electron chi connectivity index (χ4n) is 6.74. The first kappa shape index (κ1) is 26.5. The van der Waals surface area contributed by atoms with Crippen LogP contribution in [0.2, 0.25) is 0 Å². The Balaban J connectivity index is 1.66. The number of amides is 4. The number of aromatic hydroxyl groups is 1. The number of carboxylic acids is 1. The molecule has 0 aromatic heterocycles. The Kier molecular flexibility index (Phi) is 6.26. The smallest absolute Gasteiger partial charge is 0.303 e. The average molecular weight is 565 g/mol. The van der Waals surface area contributed by atoms with Gasteiger partial charge in [-0.05, 0) is 37.3 Å². The lowest BCUT2D eigenvalue weighted by Crippen LogP contribution is -2.60. The molecule has 4 amide bonds. The Morgan fingerprint density at radius 1 is 1.13 bits per heavy atom. The molecule has 0 spiro atoms. The molecule has 1 aromatic rings. The number of carbonyl (C=O) groups excluding carboxylic acids is 4. The number of carbonyl (C=O) groups is 5. The number of hydrogen-bond donors (Lipinski definition) is 2. The summed E-state index contributed by atoms with van der Waals surface area (Å²) in [5.41, 5.74) is 0.693. The van der Waals surface area contributed by atoms with Crippen LogP contribution in [0.5, 0.6) is 11.5 Å². The van der Waals surface area contributed by atoms with Gasteiger partial charge in [-0.3, -0.25) is 33.8 Å². The maximum Gasteiger partial charge on any atom is 0.303 e. The Morgan fingerprint density at radius 2 is 1.84 bits per heavy atom. The van der Waals surface area contributed by atoms with Gasteiger partial charge in [0.25, 0.3) is 11.8 Å². The van der Waals surface area contributed by atoms with E-state index < -0.39 is 63.0 Å². The minimum Gasteiger partial charge on any atom is -0.508 e. The number of alkyl halides is 2. The molecule has 6 unspecified atom stereocenters. The number of phenols is 1. The van der Waals surface area contributed by atoms with Gasteiger partial charge < -0.3 is 14.9 Å². The van der Waals surface area contributed by atoms with Crippen molar-refractivity contribution >= 4 is 52.8 Å². The summed E-state index contributed by atoms with van der Waals surface area (Å²) in [4.78, 5) is 62.8. The van der Waals surface area contributed by atoms with Crippen molar-refractivity contribution in [3.63, 3.8) is 0 Å². The number of imide groups is 2. The number of carboxylic acid groups (broad SMARTS) is 1. The molecule has 5 rings (SSSR count). The molecule has 2 N–H and O–H groups in total. The normalized spacial score (nSPS) is 34.2. The summed E-state index contributed by atoms with van der Waals surface area (Å²) < 4.78 is 5.50. The summed E-state index contributed by atoms with van der Waals surface area (Å²) in [6.07, 6.45) is 1.66. The monoisotopic (exact) mass is 564 g/mol. The summed E-state index contributed by atoms with van der Waals surface area (Å²) in [7, 11) is 2.67. The molecule has 2 heterocycles. The third-order valence-electron chi connectivity index (χ3n) is 8.43. The first-order chi connectivity index (χ1) is 17.9. The minimum absolute atomic E-state index is 0.0403. The first-order valence-corrected chi connectivity index (χ1v) is 13.0.